The number of halogens is 2. The Bertz CT molecular complexity index is 212. The Morgan fingerprint density at radius 3 is 2.31 bits per heavy atom. The minimum absolute atomic E-state index is 0.0985. The van der Waals surface area contributed by atoms with Gasteiger partial charge in [0.2, 0.25) is 0 Å². The van der Waals surface area contributed by atoms with E-state index in [4.69, 9.17) is 4.74 Å². The topological polar surface area (TPSA) is 9.23 Å². The minimum Gasteiger partial charge on any atom is -0.372 e. The van der Waals surface area contributed by atoms with Crippen LogP contribution >= 0.6 is 31.9 Å². The van der Waals surface area contributed by atoms with E-state index in [-0.39, 0.29) is 5.60 Å². The summed E-state index contributed by atoms with van der Waals surface area (Å²) >= 11 is 7.37. The Morgan fingerprint density at radius 1 is 1.31 bits per heavy atom. The maximum atomic E-state index is 6.11. The standard InChI is InChI=1S/C13H24Br2O/c1-4-6-13(9-14,10-15)8-11-5-7-12(2,3)16-11/h11H,4-10H2,1-3H3. The van der Waals surface area contributed by atoms with Crippen molar-refractivity contribution in [2.24, 2.45) is 5.41 Å². The van der Waals surface area contributed by atoms with Crippen molar-refractivity contribution in [2.45, 2.75) is 64.6 Å². The third-order valence-electron chi connectivity index (χ3n) is 3.56. The van der Waals surface area contributed by atoms with Crippen LogP contribution in [0.3, 0.4) is 0 Å². The van der Waals surface area contributed by atoms with Crippen LogP contribution in [0.25, 0.3) is 0 Å². The highest BCUT2D eigenvalue weighted by atomic mass is 79.9. The van der Waals surface area contributed by atoms with Gasteiger partial charge in [0.1, 0.15) is 0 Å². The summed E-state index contributed by atoms with van der Waals surface area (Å²) in [5.74, 6) is 0. The summed E-state index contributed by atoms with van der Waals surface area (Å²) < 4.78 is 6.11. The Labute approximate surface area is 117 Å². The van der Waals surface area contributed by atoms with Gasteiger partial charge < -0.3 is 4.74 Å². The number of hydrogen-bond donors (Lipinski definition) is 0. The second-order valence-corrected chi connectivity index (χ2v) is 6.88. The van der Waals surface area contributed by atoms with Gasteiger partial charge in [-0.25, -0.2) is 0 Å². The van der Waals surface area contributed by atoms with E-state index in [1.165, 1.54) is 32.1 Å². The molecule has 1 rings (SSSR count). The summed E-state index contributed by atoms with van der Waals surface area (Å²) in [5.41, 5.74) is 0.473. The maximum Gasteiger partial charge on any atom is 0.0631 e. The summed E-state index contributed by atoms with van der Waals surface area (Å²) in [5, 5.41) is 2.14. The lowest BCUT2D eigenvalue weighted by atomic mass is 9.82. The molecular weight excluding hydrogens is 332 g/mol. The van der Waals surface area contributed by atoms with Crippen LogP contribution in [0.1, 0.15) is 52.9 Å². The zero-order valence-electron chi connectivity index (χ0n) is 10.7. The molecule has 1 saturated heterocycles. The smallest absolute Gasteiger partial charge is 0.0631 e. The van der Waals surface area contributed by atoms with E-state index >= 15 is 0 Å². The third kappa shape index (κ3) is 3.99. The van der Waals surface area contributed by atoms with Crippen LogP contribution in [0.5, 0.6) is 0 Å². The van der Waals surface area contributed by atoms with Gasteiger partial charge in [0.05, 0.1) is 11.7 Å². The second kappa shape index (κ2) is 6.19. The van der Waals surface area contributed by atoms with Crippen LogP contribution in [0.15, 0.2) is 0 Å². The monoisotopic (exact) mass is 354 g/mol. The molecule has 0 bridgehead atoms. The summed E-state index contributed by atoms with van der Waals surface area (Å²) in [7, 11) is 0. The average Bonchev–Trinajstić information content (AvgIpc) is 2.57. The van der Waals surface area contributed by atoms with Gasteiger partial charge in [0.15, 0.2) is 0 Å². The highest BCUT2D eigenvalue weighted by molar-refractivity contribution is 9.09. The number of rotatable bonds is 6. The van der Waals surface area contributed by atoms with E-state index in [0.717, 1.165) is 10.7 Å². The van der Waals surface area contributed by atoms with Crippen molar-refractivity contribution in [1.82, 2.24) is 0 Å². The molecule has 1 atom stereocenters. The van der Waals surface area contributed by atoms with Crippen LogP contribution in [-0.2, 0) is 4.74 Å². The lowest BCUT2D eigenvalue weighted by Crippen LogP contribution is -2.31. The normalized spacial score (nSPS) is 24.9. The maximum absolute atomic E-state index is 6.11. The molecule has 1 heterocycles. The van der Waals surface area contributed by atoms with Crippen molar-refractivity contribution in [3.8, 4) is 0 Å². The summed E-state index contributed by atoms with van der Waals surface area (Å²) in [4.78, 5) is 0. The molecule has 3 heteroatoms. The van der Waals surface area contributed by atoms with E-state index in [1.54, 1.807) is 0 Å². The fourth-order valence-corrected chi connectivity index (χ4v) is 4.56. The highest BCUT2D eigenvalue weighted by Crippen LogP contribution is 2.40. The van der Waals surface area contributed by atoms with Crippen LogP contribution in [0, 0.1) is 5.41 Å². The summed E-state index contributed by atoms with van der Waals surface area (Å²) in [6.07, 6.45) is 6.57. The number of hydrogen-bond acceptors (Lipinski definition) is 1. The van der Waals surface area contributed by atoms with Crippen LogP contribution < -0.4 is 0 Å². The van der Waals surface area contributed by atoms with Gasteiger partial charge in [-0.2, -0.15) is 0 Å². The van der Waals surface area contributed by atoms with E-state index in [9.17, 15) is 0 Å². The minimum atomic E-state index is 0.0985. The number of ether oxygens (including phenoxy) is 1. The first-order valence-corrected chi connectivity index (χ1v) is 8.51. The van der Waals surface area contributed by atoms with Crippen LogP contribution in [0.4, 0.5) is 0 Å². The molecule has 1 nitrogen and oxygen atoms in total. The summed E-state index contributed by atoms with van der Waals surface area (Å²) in [6, 6.07) is 0. The third-order valence-corrected chi connectivity index (χ3v) is 5.94. The molecule has 96 valence electrons. The van der Waals surface area contributed by atoms with Crippen molar-refractivity contribution < 1.29 is 4.74 Å². The summed E-state index contributed by atoms with van der Waals surface area (Å²) in [6.45, 7) is 6.67. The largest absolute Gasteiger partial charge is 0.372 e. The fraction of sp³-hybridized carbons (Fsp3) is 1.00. The molecule has 16 heavy (non-hydrogen) atoms. The molecule has 1 fully saturated rings. The van der Waals surface area contributed by atoms with Gasteiger partial charge in [0.25, 0.3) is 0 Å². The predicted octanol–water partition coefficient (Wildman–Crippen LogP) is 4.91. The zero-order chi connectivity index (χ0) is 12.2. The lowest BCUT2D eigenvalue weighted by Gasteiger charge is -2.33. The van der Waals surface area contributed by atoms with Gasteiger partial charge in [-0.3, -0.25) is 0 Å². The van der Waals surface area contributed by atoms with E-state index in [2.05, 4.69) is 52.6 Å². The fourth-order valence-electron chi connectivity index (χ4n) is 2.62. The van der Waals surface area contributed by atoms with Crippen molar-refractivity contribution in [3.63, 3.8) is 0 Å². The molecule has 0 aromatic rings. The van der Waals surface area contributed by atoms with E-state index < -0.39 is 0 Å². The van der Waals surface area contributed by atoms with Gasteiger partial charge in [0, 0.05) is 10.7 Å². The molecule has 1 aliphatic rings. The van der Waals surface area contributed by atoms with Gasteiger partial charge >= 0.3 is 0 Å². The van der Waals surface area contributed by atoms with E-state index in [0.29, 0.717) is 11.5 Å². The molecule has 0 aromatic carbocycles. The van der Waals surface area contributed by atoms with E-state index in [1.807, 2.05) is 0 Å². The highest BCUT2D eigenvalue weighted by Gasteiger charge is 2.37. The molecule has 0 radical (unpaired) electrons. The first-order valence-electron chi connectivity index (χ1n) is 6.27. The van der Waals surface area contributed by atoms with Gasteiger partial charge in [-0.05, 0) is 44.9 Å². The first-order chi connectivity index (χ1) is 7.47. The quantitative estimate of drug-likeness (QED) is 0.615. The van der Waals surface area contributed by atoms with Crippen molar-refractivity contribution in [3.05, 3.63) is 0 Å². The molecule has 0 aromatic heterocycles. The Hall–Kier alpha value is 0.920. The number of alkyl halides is 2. The van der Waals surface area contributed by atoms with Gasteiger partial charge in [-0.1, -0.05) is 45.2 Å². The van der Waals surface area contributed by atoms with Crippen molar-refractivity contribution >= 4 is 31.9 Å². The lowest BCUT2D eigenvalue weighted by molar-refractivity contribution is -0.0314. The van der Waals surface area contributed by atoms with Crippen molar-refractivity contribution in [1.29, 1.82) is 0 Å². The Balaban J connectivity index is 2.55. The molecule has 1 aliphatic heterocycles. The molecule has 0 saturated carbocycles. The van der Waals surface area contributed by atoms with Gasteiger partial charge in [-0.15, -0.1) is 0 Å². The Morgan fingerprint density at radius 2 is 1.94 bits per heavy atom. The van der Waals surface area contributed by atoms with Crippen LogP contribution in [0.2, 0.25) is 0 Å². The molecule has 0 N–H and O–H groups in total. The molecule has 1 unspecified atom stereocenters. The molecule has 0 aliphatic carbocycles. The molecule has 0 amide bonds. The average molecular weight is 356 g/mol. The van der Waals surface area contributed by atoms with Crippen molar-refractivity contribution in [2.75, 3.05) is 10.7 Å². The Kier molecular flexibility index (Phi) is 5.80. The predicted molar refractivity (Wildman–Crippen MR) is 77.7 cm³/mol. The second-order valence-electron chi connectivity index (χ2n) is 5.76. The zero-order valence-corrected chi connectivity index (χ0v) is 13.9. The SMILES string of the molecule is CCCC(CBr)(CBr)CC1CCC(C)(C)O1. The molecule has 0 spiro atoms. The molecular formula is C13H24Br2O. The van der Waals surface area contributed by atoms with Crippen LogP contribution in [-0.4, -0.2) is 22.4 Å². The first kappa shape index (κ1) is 15.0.